The maximum Gasteiger partial charge on any atom is 0.417 e. The molecule has 0 amide bonds. The molecule has 0 unspecified atom stereocenters. The summed E-state index contributed by atoms with van der Waals surface area (Å²) in [5, 5.41) is 0.785. The highest BCUT2D eigenvalue weighted by molar-refractivity contribution is 7.99. The monoisotopic (exact) mass is 367 g/mol. The van der Waals surface area contributed by atoms with Gasteiger partial charge in [-0.2, -0.15) is 13.2 Å². The third kappa shape index (κ3) is 3.76. The maximum atomic E-state index is 12.6. The summed E-state index contributed by atoms with van der Waals surface area (Å²) < 4.78 is 44.2. The lowest BCUT2D eigenvalue weighted by Crippen LogP contribution is -2.12. The minimum atomic E-state index is -4.44. The molecule has 0 saturated carbocycles. The molecule has 0 radical (unpaired) electrons. The molecule has 0 aliphatic carbocycles. The quantitative estimate of drug-likeness (QED) is 0.657. The molecular formula is C16H12F3N3O2S. The summed E-state index contributed by atoms with van der Waals surface area (Å²) in [7, 11) is 1.28. The van der Waals surface area contributed by atoms with Crippen LogP contribution in [0.3, 0.4) is 0 Å². The molecule has 0 bridgehead atoms. The average molecular weight is 367 g/mol. The topological polar surface area (TPSA) is 57.0 Å². The maximum absolute atomic E-state index is 12.6. The van der Waals surface area contributed by atoms with Gasteiger partial charge in [0.2, 0.25) is 0 Å². The van der Waals surface area contributed by atoms with E-state index in [-0.39, 0.29) is 6.54 Å². The van der Waals surface area contributed by atoms with Gasteiger partial charge in [-0.15, -0.1) is 0 Å². The first-order chi connectivity index (χ1) is 11.9. The van der Waals surface area contributed by atoms with Crippen LogP contribution in [0, 0.1) is 0 Å². The van der Waals surface area contributed by atoms with E-state index >= 15 is 0 Å². The van der Waals surface area contributed by atoms with Crippen molar-refractivity contribution in [1.29, 1.82) is 0 Å². The first-order valence-electron chi connectivity index (χ1n) is 7.11. The van der Waals surface area contributed by atoms with Crippen LogP contribution in [0.4, 0.5) is 13.2 Å². The van der Waals surface area contributed by atoms with Crippen LogP contribution in [0.2, 0.25) is 0 Å². The number of esters is 1. The van der Waals surface area contributed by atoms with Crippen molar-refractivity contribution in [3.63, 3.8) is 0 Å². The Morgan fingerprint density at radius 1 is 1.24 bits per heavy atom. The molecule has 0 saturated heterocycles. The number of aromatic nitrogens is 3. The lowest BCUT2D eigenvalue weighted by Gasteiger charge is -2.08. The van der Waals surface area contributed by atoms with Gasteiger partial charge in [-0.1, -0.05) is 12.1 Å². The molecule has 3 aromatic rings. The molecule has 3 rings (SSSR count). The Hall–Kier alpha value is -2.55. The Kier molecular flexibility index (Phi) is 4.67. The van der Waals surface area contributed by atoms with E-state index in [4.69, 9.17) is 4.74 Å². The Labute approximate surface area is 144 Å². The van der Waals surface area contributed by atoms with Crippen molar-refractivity contribution in [2.24, 2.45) is 0 Å². The molecule has 5 nitrogen and oxygen atoms in total. The van der Waals surface area contributed by atoms with Crippen LogP contribution in [0.15, 0.2) is 52.8 Å². The number of imidazole rings is 1. The minimum Gasteiger partial charge on any atom is -0.468 e. The second-order valence-corrected chi connectivity index (χ2v) is 6.02. The van der Waals surface area contributed by atoms with Crippen molar-refractivity contribution in [3.05, 3.63) is 48.2 Å². The lowest BCUT2D eigenvalue weighted by atomic mass is 10.3. The van der Waals surface area contributed by atoms with Crippen molar-refractivity contribution >= 4 is 28.8 Å². The number of carbonyl (C=O) groups is 1. The van der Waals surface area contributed by atoms with Gasteiger partial charge in [0, 0.05) is 6.20 Å². The largest absolute Gasteiger partial charge is 0.468 e. The highest BCUT2D eigenvalue weighted by Gasteiger charge is 2.30. The molecule has 0 spiro atoms. The van der Waals surface area contributed by atoms with Crippen molar-refractivity contribution < 1.29 is 22.7 Å². The number of ether oxygens (including phenoxy) is 1. The van der Waals surface area contributed by atoms with E-state index in [1.54, 1.807) is 16.7 Å². The van der Waals surface area contributed by atoms with E-state index in [2.05, 4.69) is 9.97 Å². The predicted molar refractivity (Wildman–Crippen MR) is 85.1 cm³/mol. The number of hydrogen-bond donors (Lipinski definition) is 0. The number of fused-ring (bicyclic) bond motifs is 1. The fourth-order valence-corrected chi connectivity index (χ4v) is 3.03. The molecule has 2 heterocycles. The Morgan fingerprint density at radius 2 is 2.00 bits per heavy atom. The van der Waals surface area contributed by atoms with Crippen LogP contribution >= 0.6 is 11.8 Å². The second kappa shape index (κ2) is 6.75. The van der Waals surface area contributed by atoms with Crippen LogP contribution in [0.5, 0.6) is 0 Å². The van der Waals surface area contributed by atoms with Gasteiger partial charge in [0.25, 0.3) is 0 Å². The van der Waals surface area contributed by atoms with Crippen molar-refractivity contribution in [1.82, 2.24) is 14.5 Å². The number of alkyl halides is 3. The second-order valence-electron chi connectivity index (χ2n) is 5.03. The van der Waals surface area contributed by atoms with Gasteiger partial charge in [-0.05, 0) is 36.0 Å². The third-order valence-electron chi connectivity index (χ3n) is 3.39. The van der Waals surface area contributed by atoms with E-state index in [1.807, 2.05) is 12.1 Å². The fraction of sp³-hybridized carbons (Fsp3) is 0.188. The Bertz CT molecular complexity index is 907. The minimum absolute atomic E-state index is 0.0556. The number of pyridine rings is 1. The predicted octanol–water partition coefficient (Wildman–Crippen LogP) is 3.77. The summed E-state index contributed by atoms with van der Waals surface area (Å²) in [5.41, 5.74) is 0.572. The molecule has 25 heavy (non-hydrogen) atoms. The fourth-order valence-electron chi connectivity index (χ4n) is 2.18. The number of methoxy groups -OCH3 is 1. The number of para-hydroxylation sites is 2. The number of rotatable bonds is 4. The first-order valence-corrected chi connectivity index (χ1v) is 7.93. The van der Waals surface area contributed by atoms with E-state index in [0.29, 0.717) is 15.7 Å². The van der Waals surface area contributed by atoms with Gasteiger partial charge in [0.1, 0.15) is 11.6 Å². The summed E-state index contributed by atoms with van der Waals surface area (Å²) in [6, 6.07) is 9.44. The Morgan fingerprint density at radius 3 is 2.64 bits per heavy atom. The molecule has 0 fully saturated rings. The summed E-state index contributed by atoms with van der Waals surface area (Å²) >= 11 is 1.08. The van der Waals surface area contributed by atoms with Crippen LogP contribution in [-0.4, -0.2) is 27.6 Å². The number of carbonyl (C=O) groups excluding carboxylic acids is 1. The molecule has 2 aromatic heterocycles. The van der Waals surface area contributed by atoms with Gasteiger partial charge in [-0.3, -0.25) is 4.79 Å². The highest BCUT2D eigenvalue weighted by atomic mass is 32.2. The average Bonchev–Trinajstić information content (AvgIpc) is 2.92. The summed E-state index contributed by atoms with van der Waals surface area (Å²) in [6.07, 6.45) is -3.66. The van der Waals surface area contributed by atoms with Crippen molar-refractivity contribution in [3.8, 4) is 0 Å². The molecular weight excluding hydrogens is 355 g/mol. The number of halogens is 3. The molecule has 1 aromatic carbocycles. The first kappa shape index (κ1) is 17.3. The van der Waals surface area contributed by atoms with Crippen LogP contribution in [0.25, 0.3) is 11.0 Å². The zero-order valence-corrected chi connectivity index (χ0v) is 13.8. The number of hydrogen-bond acceptors (Lipinski definition) is 5. The SMILES string of the molecule is COC(=O)Cn1c(Sc2ccc(C(F)(F)F)cn2)nc2ccccc21. The third-order valence-corrected chi connectivity index (χ3v) is 4.34. The van der Waals surface area contributed by atoms with Gasteiger partial charge in [-0.25, -0.2) is 9.97 Å². The van der Waals surface area contributed by atoms with E-state index in [0.717, 1.165) is 29.5 Å². The Balaban J connectivity index is 1.95. The number of benzene rings is 1. The van der Waals surface area contributed by atoms with E-state index in [1.165, 1.54) is 13.2 Å². The molecule has 0 aliphatic heterocycles. The normalized spacial score (nSPS) is 11.7. The van der Waals surface area contributed by atoms with Gasteiger partial charge >= 0.3 is 12.1 Å². The molecule has 9 heteroatoms. The van der Waals surface area contributed by atoms with Gasteiger partial charge in [0.15, 0.2) is 5.16 Å². The zero-order valence-electron chi connectivity index (χ0n) is 12.9. The van der Waals surface area contributed by atoms with E-state index in [9.17, 15) is 18.0 Å². The number of nitrogens with zero attached hydrogens (tertiary/aromatic N) is 3. The molecule has 0 N–H and O–H groups in total. The lowest BCUT2D eigenvalue weighted by molar-refractivity contribution is -0.141. The molecule has 130 valence electrons. The summed E-state index contributed by atoms with van der Waals surface area (Å²) in [6.45, 7) is -0.0556. The van der Waals surface area contributed by atoms with Crippen LogP contribution in [-0.2, 0) is 22.3 Å². The van der Waals surface area contributed by atoms with Gasteiger partial charge < -0.3 is 9.30 Å². The van der Waals surface area contributed by atoms with E-state index < -0.39 is 17.7 Å². The zero-order chi connectivity index (χ0) is 18.0. The molecule has 0 atom stereocenters. The highest BCUT2D eigenvalue weighted by Crippen LogP contribution is 2.32. The van der Waals surface area contributed by atoms with Gasteiger partial charge in [0.05, 0.1) is 23.7 Å². The summed E-state index contributed by atoms with van der Waals surface area (Å²) in [4.78, 5) is 19.9. The smallest absolute Gasteiger partial charge is 0.417 e. The van der Waals surface area contributed by atoms with Crippen molar-refractivity contribution in [2.45, 2.75) is 22.9 Å². The standard InChI is InChI=1S/C16H12F3N3O2S/c1-24-14(23)9-22-12-5-3-2-4-11(12)21-15(22)25-13-7-6-10(8-20-13)16(17,18)19/h2-8H,9H2,1H3. The van der Waals surface area contributed by atoms with Crippen LogP contribution < -0.4 is 0 Å². The summed E-state index contributed by atoms with van der Waals surface area (Å²) in [5.74, 6) is -0.453. The van der Waals surface area contributed by atoms with Crippen LogP contribution in [0.1, 0.15) is 5.56 Å². The van der Waals surface area contributed by atoms with Crippen molar-refractivity contribution in [2.75, 3.05) is 7.11 Å². The molecule has 0 aliphatic rings.